The van der Waals surface area contributed by atoms with E-state index in [2.05, 4.69) is 29.5 Å². The van der Waals surface area contributed by atoms with Crippen LogP contribution in [0, 0.1) is 5.41 Å². The second kappa shape index (κ2) is 7.42. The first kappa shape index (κ1) is 17.2. The SMILES string of the molecule is CC(C)c1csc(CNC(=O)NCC2(C)CCCCC2O)n1. The monoisotopic (exact) mass is 325 g/mol. The van der Waals surface area contributed by atoms with Gasteiger partial charge in [-0.3, -0.25) is 0 Å². The molecule has 2 rings (SSSR count). The fourth-order valence-corrected chi connectivity index (χ4v) is 3.66. The van der Waals surface area contributed by atoms with Crippen molar-refractivity contribution in [2.75, 3.05) is 6.54 Å². The summed E-state index contributed by atoms with van der Waals surface area (Å²) in [6.07, 6.45) is 3.66. The molecule has 1 saturated carbocycles. The molecule has 0 saturated heterocycles. The first-order chi connectivity index (χ1) is 10.4. The van der Waals surface area contributed by atoms with Crippen LogP contribution in [0.25, 0.3) is 0 Å². The van der Waals surface area contributed by atoms with Gasteiger partial charge in [-0.05, 0) is 18.8 Å². The van der Waals surface area contributed by atoms with Gasteiger partial charge in [0.15, 0.2) is 0 Å². The summed E-state index contributed by atoms with van der Waals surface area (Å²) in [4.78, 5) is 16.4. The Hall–Kier alpha value is -1.14. The highest BCUT2D eigenvalue weighted by Crippen LogP contribution is 2.35. The van der Waals surface area contributed by atoms with E-state index in [1.165, 1.54) is 0 Å². The Morgan fingerprint density at radius 3 is 2.91 bits per heavy atom. The zero-order valence-electron chi connectivity index (χ0n) is 13.7. The number of aliphatic hydroxyl groups is 1. The van der Waals surface area contributed by atoms with Gasteiger partial charge in [-0.15, -0.1) is 11.3 Å². The minimum atomic E-state index is -0.325. The summed E-state index contributed by atoms with van der Waals surface area (Å²) in [6, 6.07) is -0.194. The highest BCUT2D eigenvalue weighted by atomic mass is 32.1. The molecule has 1 aliphatic carbocycles. The summed E-state index contributed by atoms with van der Waals surface area (Å²) >= 11 is 1.57. The first-order valence-corrected chi connectivity index (χ1v) is 8.93. The number of aliphatic hydroxyl groups excluding tert-OH is 1. The zero-order chi connectivity index (χ0) is 16.2. The summed E-state index contributed by atoms with van der Waals surface area (Å²) in [5.74, 6) is 0.409. The van der Waals surface area contributed by atoms with Gasteiger partial charge in [0, 0.05) is 17.3 Å². The van der Waals surface area contributed by atoms with E-state index >= 15 is 0 Å². The van der Waals surface area contributed by atoms with Gasteiger partial charge in [-0.1, -0.05) is 33.6 Å². The standard InChI is InChI=1S/C16H27N3O2S/c1-11(2)12-9-22-14(19-12)8-17-15(21)18-10-16(3)7-5-4-6-13(16)20/h9,11,13,20H,4-8,10H2,1-3H3,(H2,17,18,21). The van der Waals surface area contributed by atoms with E-state index < -0.39 is 0 Å². The third-order valence-electron chi connectivity index (χ3n) is 4.49. The van der Waals surface area contributed by atoms with Crippen molar-refractivity contribution >= 4 is 17.4 Å². The van der Waals surface area contributed by atoms with Crippen molar-refractivity contribution in [3.05, 3.63) is 16.1 Å². The second-order valence-electron chi connectivity index (χ2n) is 6.77. The van der Waals surface area contributed by atoms with Crippen LogP contribution in [-0.4, -0.2) is 28.8 Å². The van der Waals surface area contributed by atoms with Crippen LogP contribution < -0.4 is 10.6 Å². The number of hydrogen-bond donors (Lipinski definition) is 3. The van der Waals surface area contributed by atoms with Gasteiger partial charge in [0.1, 0.15) is 5.01 Å². The van der Waals surface area contributed by atoms with E-state index in [0.717, 1.165) is 36.4 Å². The van der Waals surface area contributed by atoms with Crippen LogP contribution in [0.3, 0.4) is 0 Å². The van der Waals surface area contributed by atoms with Gasteiger partial charge in [0.25, 0.3) is 0 Å². The van der Waals surface area contributed by atoms with Crippen LogP contribution in [0.4, 0.5) is 4.79 Å². The molecule has 0 spiro atoms. The molecule has 6 heteroatoms. The minimum absolute atomic E-state index is 0.194. The molecule has 22 heavy (non-hydrogen) atoms. The van der Waals surface area contributed by atoms with Crippen molar-refractivity contribution in [3.8, 4) is 0 Å². The lowest BCUT2D eigenvalue weighted by molar-refractivity contribution is 0.00309. The molecule has 1 aromatic rings. The van der Waals surface area contributed by atoms with Crippen LogP contribution >= 0.6 is 11.3 Å². The molecule has 1 aliphatic rings. The molecule has 3 N–H and O–H groups in total. The average Bonchev–Trinajstić information content (AvgIpc) is 2.96. The normalized spacial score (nSPS) is 25.2. The Morgan fingerprint density at radius 2 is 2.27 bits per heavy atom. The molecule has 0 aliphatic heterocycles. The summed E-state index contributed by atoms with van der Waals surface area (Å²) in [5.41, 5.74) is 0.863. The van der Waals surface area contributed by atoms with Gasteiger partial charge in [-0.2, -0.15) is 0 Å². The fraction of sp³-hybridized carbons (Fsp3) is 0.750. The zero-order valence-corrected chi connectivity index (χ0v) is 14.5. The molecule has 2 atom stereocenters. The molecular formula is C16H27N3O2S. The summed E-state index contributed by atoms with van der Waals surface area (Å²) in [7, 11) is 0. The van der Waals surface area contributed by atoms with E-state index in [-0.39, 0.29) is 17.6 Å². The Kier molecular flexibility index (Phi) is 5.81. The molecule has 2 unspecified atom stereocenters. The second-order valence-corrected chi connectivity index (χ2v) is 7.72. The van der Waals surface area contributed by atoms with E-state index in [9.17, 15) is 9.90 Å². The van der Waals surface area contributed by atoms with Crippen molar-refractivity contribution in [3.63, 3.8) is 0 Å². The molecule has 5 nitrogen and oxygen atoms in total. The Bertz CT molecular complexity index is 503. The number of urea groups is 1. The fourth-order valence-electron chi connectivity index (χ4n) is 2.76. The maximum Gasteiger partial charge on any atom is 0.315 e. The van der Waals surface area contributed by atoms with Crippen molar-refractivity contribution < 1.29 is 9.90 Å². The third kappa shape index (κ3) is 4.43. The van der Waals surface area contributed by atoms with E-state index in [1.54, 1.807) is 11.3 Å². The van der Waals surface area contributed by atoms with Crippen LogP contribution in [0.1, 0.15) is 63.1 Å². The quantitative estimate of drug-likeness (QED) is 0.779. The smallest absolute Gasteiger partial charge is 0.315 e. The van der Waals surface area contributed by atoms with Crippen LogP contribution in [0.15, 0.2) is 5.38 Å². The lowest BCUT2D eigenvalue weighted by Gasteiger charge is -2.38. The van der Waals surface area contributed by atoms with Gasteiger partial charge in [-0.25, -0.2) is 9.78 Å². The molecule has 1 aromatic heterocycles. The number of rotatable bonds is 5. The van der Waals surface area contributed by atoms with Crippen LogP contribution in [0.2, 0.25) is 0 Å². The van der Waals surface area contributed by atoms with Gasteiger partial charge >= 0.3 is 6.03 Å². The predicted octanol–water partition coefficient (Wildman–Crippen LogP) is 3.01. The molecule has 1 heterocycles. The summed E-state index contributed by atoms with van der Waals surface area (Å²) in [5, 5.41) is 18.8. The van der Waals surface area contributed by atoms with Crippen molar-refractivity contribution in [2.24, 2.45) is 5.41 Å². The van der Waals surface area contributed by atoms with Crippen molar-refractivity contribution in [1.29, 1.82) is 0 Å². The molecule has 1 fully saturated rings. The number of nitrogens with zero attached hydrogens (tertiary/aromatic N) is 1. The molecule has 2 amide bonds. The van der Waals surface area contributed by atoms with E-state index in [1.807, 2.05) is 12.3 Å². The first-order valence-electron chi connectivity index (χ1n) is 8.05. The van der Waals surface area contributed by atoms with E-state index in [0.29, 0.717) is 19.0 Å². The maximum absolute atomic E-state index is 11.9. The maximum atomic E-state index is 11.9. The van der Waals surface area contributed by atoms with E-state index in [4.69, 9.17) is 0 Å². The third-order valence-corrected chi connectivity index (χ3v) is 5.36. The highest BCUT2D eigenvalue weighted by molar-refractivity contribution is 7.09. The lowest BCUT2D eigenvalue weighted by atomic mass is 9.73. The summed E-state index contributed by atoms with van der Waals surface area (Å²) in [6.45, 7) is 7.22. The number of thiazole rings is 1. The van der Waals surface area contributed by atoms with Gasteiger partial charge in [0.05, 0.1) is 18.3 Å². The highest BCUT2D eigenvalue weighted by Gasteiger charge is 2.35. The van der Waals surface area contributed by atoms with Crippen molar-refractivity contribution in [2.45, 2.75) is 65.0 Å². The van der Waals surface area contributed by atoms with Gasteiger partial charge < -0.3 is 15.7 Å². The Labute approximate surface area is 136 Å². The van der Waals surface area contributed by atoms with Gasteiger partial charge in [0.2, 0.25) is 0 Å². The molecule has 0 bridgehead atoms. The Morgan fingerprint density at radius 1 is 1.50 bits per heavy atom. The largest absolute Gasteiger partial charge is 0.392 e. The molecule has 124 valence electrons. The number of carbonyl (C=O) groups is 1. The van der Waals surface area contributed by atoms with Crippen molar-refractivity contribution in [1.82, 2.24) is 15.6 Å². The number of hydrogen-bond acceptors (Lipinski definition) is 4. The van der Waals surface area contributed by atoms with Crippen LogP contribution in [-0.2, 0) is 6.54 Å². The number of aromatic nitrogens is 1. The minimum Gasteiger partial charge on any atom is -0.392 e. The summed E-state index contributed by atoms with van der Waals surface area (Å²) < 4.78 is 0. The topological polar surface area (TPSA) is 74.2 Å². The number of nitrogens with one attached hydrogen (secondary N) is 2. The van der Waals surface area contributed by atoms with Crippen LogP contribution in [0.5, 0.6) is 0 Å². The lowest BCUT2D eigenvalue weighted by Crippen LogP contribution is -2.47. The number of carbonyl (C=O) groups excluding carboxylic acids is 1. The molecular weight excluding hydrogens is 298 g/mol. The number of amides is 2. The Balaban J connectivity index is 1.75. The molecule has 0 radical (unpaired) electrons. The molecule has 0 aromatic carbocycles. The predicted molar refractivity (Wildman–Crippen MR) is 89.0 cm³/mol. The average molecular weight is 325 g/mol.